The summed E-state index contributed by atoms with van der Waals surface area (Å²) in [4.78, 5) is 2.50. The topological polar surface area (TPSA) is 3.24 Å². The van der Waals surface area contributed by atoms with Gasteiger partial charge >= 0.3 is 0 Å². The first kappa shape index (κ1) is 39.6. The second kappa shape index (κ2) is 15.0. The van der Waals surface area contributed by atoms with Crippen LogP contribution in [0.1, 0.15) is 47.2 Å². The van der Waals surface area contributed by atoms with Crippen molar-refractivity contribution < 1.29 is 0 Å². The summed E-state index contributed by atoms with van der Waals surface area (Å²) < 4.78 is 0. The molecular formula is C68H47N. The van der Waals surface area contributed by atoms with Crippen molar-refractivity contribution in [3.05, 3.63) is 282 Å². The van der Waals surface area contributed by atoms with Crippen LogP contribution in [0.2, 0.25) is 0 Å². The summed E-state index contributed by atoms with van der Waals surface area (Å²) in [5.74, 6) is 0. The Hall–Kier alpha value is -8.52. The number of anilines is 3. The second-order valence-electron chi connectivity index (χ2n) is 19.6. The third kappa shape index (κ3) is 5.71. The van der Waals surface area contributed by atoms with Crippen molar-refractivity contribution in [1.29, 1.82) is 0 Å². The molecule has 0 saturated carbocycles. The number of fused-ring (bicyclic) bond motifs is 17. The average molecular weight is 878 g/mol. The van der Waals surface area contributed by atoms with Crippen LogP contribution in [0, 0.1) is 0 Å². The van der Waals surface area contributed by atoms with Crippen LogP contribution in [0.15, 0.2) is 249 Å². The van der Waals surface area contributed by atoms with Crippen molar-refractivity contribution in [2.45, 2.75) is 24.7 Å². The Kier molecular flexibility index (Phi) is 8.61. The van der Waals surface area contributed by atoms with Crippen molar-refractivity contribution in [1.82, 2.24) is 0 Å². The molecule has 0 radical (unpaired) electrons. The molecule has 0 amide bonds. The average Bonchev–Trinajstić information content (AvgIpc) is 3.80. The third-order valence-electron chi connectivity index (χ3n) is 15.7. The molecule has 3 aliphatic rings. The fourth-order valence-electron chi connectivity index (χ4n) is 12.6. The fourth-order valence-corrected chi connectivity index (χ4v) is 12.6. The maximum absolute atomic E-state index is 2.54. The second-order valence-corrected chi connectivity index (χ2v) is 19.6. The lowest BCUT2D eigenvalue weighted by atomic mass is 9.65. The molecule has 11 aromatic rings. The number of hydrogen-bond acceptors (Lipinski definition) is 1. The van der Waals surface area contributed by atoms with E-state index in [9.17, 15) is 0 Å². The van der Waals surface area contributed by atoms with Gasteiger partial charge in [-0.2, -0.15) is 0 Å². The Bertz CT molecular complexity index is 3860. The highest BCUT2D eigenvalue weighted by Gasteiger charge is 2.50. The molecule has 1 nitrogen and oxygen atoms in total. The van der Waals surface area contributed by atoms with Crippen molar-refractivity contribution in [2.24, 2.45) is 0 Å². The molecule has 0 bridgehead atoms. The highest BCUT2D eigenvalue weighted by molar-refractivity contribution is 6.06. The minimum atomic E-state index is -0.625. The Labute approximate surface area is 404 Å². The molecule has 69 heavy (non-hydrogen) atoms. The van der Waals surface area contributed by atoms with E-state index in [1.54, 1.807) is 0 Å². The molecule has 324 valence electrons. The maximum Gasteiger partial charge on any atom is 0.0726 e. The molecule has 0 aromatic heterocycles. The van der Waals surface area contributed by atoms with Crippen molar-refractivity contribution in [3.63, 3.8) is 0 Å². The molecule has 11 aromatic carbocycles. The third-order valence-corrected chi connectivity index (χ3v) is 15.7. The smallest absolute Gasteiger partial charge is 0.0726 e. The Morgan fingerprint density at radius 3 is 1.36 bits per heavy atom. The van der Waals surface area contributed by atoms with Crippen molar-refractivity contribution in [3.8, 4) is 66.8 Å². The Balaban J connectivity index is 1.02. The summed E-state index contributed by atoms with van der Waals surface area (Å²) in [6.07, 6.45) is 0. The molecule has 0 heterocycles. The van der Waals surface area contributed by atoms with Crippen LogP contribution >= 0.6 is 0 Å². The molecule has 1 spiro atoms. The molecule has 3 aliphatic carbocycles. The summed E-state index contributed by atoms with van der Waals surface area (Å²) in [5, 5.41) is 2.54. The van der Waals surface area contributed by atoms with Gasteiger partial charge in [-0.1, -0.05) is 226 Å². The van der Waals surface area contributed by atoms with Crippen LogP contribution in [-0.2, 0) is 10.8 Å². The van der Waals surface area contributed by atoms with E-state index in [1.165, 1.54) is 111 Å². The summed E-state index contributed by atoms with van der Waals surface area (Å²) >= 11 is 0. The number of hydrogen-bond donors (Lipinski definition) is 0. The first-order valence-corrected chi connectivity index (χ1v) is 24.2. The van der Waals surface area contributed by atoms with E-state index in [0.29, 0.717) is 0 Å². The molecule has 0 aliphatic heterocycles. The molecular weight excluding hydrogens is 831 g/mol. The highest BCUT2D eigenvalue weighted by Crippen LogP contribution is 2.63. The largest absolute Gasteiger partial charge is 0.310 e. The molecule has 0 saturated heterocycles. The van der Waals surface area contributed by atoms with Gasteiger partial charge in [-0.05, 0) is 147 Å². The van der Waals surface area contributed by atoms with Gasteiger partial charge in [0.05, 0.1) is 5.41 Å². The van der Waals surface area contributed by atoms with E-state index in [1.807, 2.05) is 0 Å². The predicted molar refractivity (Wildman–Crippen MR) is 289 cm³/mol. The van der Waals surface area contributed by atoms with Crippen LogP contribution in [0.4, 0.5) is 17.1 Å². The minimum absolute atomic E-state index is 0.158. The van der Waals surface area contributed by atoms with Gasteiger partial charge in [0.15, 0.2) is 0 Å². The van der Waals surface area contributed by atoms with E-state index in [-0.39, 0.29) is 5.41 Å². The highest BCUT2D eigenvalue weighted by atomic mass is 15.1. The van der Waals surface area contributed by atoms with Gasteiger partial charge in [-0.25, -0.2) is 0 Å². The maximum atomic E-state index is 2.54. The first-order valence-electron chi connectivity index (χ1n) is 24.2. The summed E-state index contributed by atoms with van der Waals surface area (Å²) in [6, 6.07) is 93.4. The van der Waals surface area contributed by atoms with Gasteiger partial charge in [-0.15, -0.1) is 0 Å². The standard InChI is InChI=1S/C68H47N/c1-67(2)60-25-13-10-23-56(60)58-40-38-50(42-64(58)67)69(49-35-32-47(33-36-49)46-30-28-45(29-31-46)44-16-4-3-5-17-44)51-37-39-57-54-21-9-8-20-53(54)55-22-11-14-26-61(55)68(65(57)43-51)62-27-15-12-24-59(62)66-52-19-7-6-18-48(52)34-41-63(66)68/h3-43H,1-2H3. The van der Waals surface area contributed by atoms with Gasteiger partial charge in [0.2, 0.25) is 0 Å². The zero-order chi connectivity index (χ0) is 45.8. The number of benzene rings is 11. The lowest BCUT2D eigenvalue weighted by Crippen LogP contribution is -2.29. The lowest BCUT2D eigenvalue weighted by molar-refractivity contribution is 0.660. The zero-order valence-electron chi connectivity index (χ0n) is 38.6. The van der Waals surface area contributed by atoms with Gasteiger partial charge in [0.1, 0.15) is 0 Å². The normalized spacial score (nSPS) is 15.3. The van der Waals surface area contributed by atoms with E-state index >= 15 is 0 Å². The van der Waals surface area contributed by atoms with Crippen LogP contribution in [0.3, 0.4) is 0 Å². The van der Waals surface area contributed by atoms with Crippen LogP contribution < -0.4 is 4.90 Å². The molecule has 0 fully saturated rings. The quantitative estimate of drug-likeness (QED) is 0.166. The molecule has 1 heteroatoms. The molecule has 1 atom stereocenters. The van der Waals surface area contributed by atoms with Gasteiger partial charge in [-0.3, -0.25) is 0 Å². The van der Waals surface area contributed by atoms with E-state index in [4.69, 9.17) is 0 Å². The van der Waals surface area contributed by atoms with Gasteiger partial charge in [0.25, 0.3) is 0 Å². The van der Waals surface area contributed by atoms with E-state index < -0.39 is 5.41 Å². The SMILES string of the molecule is CC1(C)c2ccccc2-c2ccc(N(c3ccc(-c4ccc(-c5ccccc5)cc4)cc3)c3ccc4c(c3)C3(c5ccccc5-c5ccccc5-4)c4ccccc4-c4c3ccc3ccccc43)cc21. The van der Waals surface area contributed by atoms with Gasteiger partial charge < -0.3 is 4.90 Å². The van der Waals surface area contributed by atoms with Gasteiger partial charge in [0, 0.05) is 22.5 Å². The monoisotopic (exact) mass is 877 g/mol. The summed E-state index contributed by atoms with van der Waals surface area (Å²) in [6.45, 7) is 4.76. The van der Waals surface area contributed by atoms with Crippen LogP contribution in [0.5, 0.6) is 0 Å². The van der Waals surface area contributed by atoms with Crippen molar-refractivity contribution >= 4 is 27.8 Å². The molecule has 1 unspecified atom stereocenters. The van der Waals surface area contributed by atoms with E-state index in [0.717, 1.165) is 17.1 Å². The van der Waals surface area contributed by atoms with Crippen molar-refractivity contribution in [2.75, 3.05) is 4.90 Å². The minimum Gasteiger partial charge on any atom is -0.310 e. The summed E-state index contributed by atoms with van der Waals surface area (Å²) in [5.41, 5.74) is 25.7. The molecule has 0 N–H and O–H groups in total. The fraction of sp³-hybridized carbons (Fsp3) is 0.0588. The number of nitrogens with zero attached hydrogens (tertiary/aromatic N) is 1. The summed E-state index contributed by atoms with van der Waals surface area (Å²) in [7, 11) is 0. The molecule has 14 rings (SSSR count). The predicted octanol–water partition coefficient (Wildman–Crippen LogP) is 18.0. The van der Waals surface area contributed by atoms with Crippen LogP contribution in [-0.4, -0.2) is 0 Å². The first-order chi connectivity index (χ1) is 34.0. The zero-order valence-corrected chi connectivity index (χ0v) is 38.6. The Morgan fingerprint density at radius 1 is 0.275 bits per heavy atom. The lowest BCUT2D eigenvalue weighted by Gasteiger charge is -2.36. The van der Waals surface area contributed by atoms with E-state index in [2.05, 4.69) is 267 Å². The van der Waals surface area contributed by atoms with Crippen LogP contribution in [0.25, 0.3) is 77.5 Å². The number of rotatable bonds is 5. The Morgan fingerprint density at radius 2 is 0.710 bits per heavy atom.